The Kier molecular flexibility index (Phi) is 4.39. The van der Waals surface area contributed by atoms with E-state index in [2.05, 4.69) is 47.7 Å². The molecule has 0 radical (unpaired) electrons. The van der Waals surface area contributed by atoms with E-state index in [1.54, 1.807) is 12.3 Å². The summed E-state index contributed by atoms with van der Waals surface area (Å²) in [6.07, 6.45) is 1.65. The van der Waals surface area contributed by atoms with Crippen LogP contribution < -0.4 is 10.6 Å². The molecule has 0 spiro atoms. The molecule has 0 aliphatic rings. The molecule has 0 fully saturated rings. The number of hydrogen-bond donors (Lipinski definition) is 2. The summed E-state index contributed by atoms with van der Waals surface area (Å²) in [7, 11) is 0. The third-order valence-corrected chi connectivity index (χ3v) is 4.29. The summed E-state index contributed by atoms with van der Waals surface area (Å²) in [6, 6.07) is 13.6. The summed E-state index contributed by atoms with van der Waals surface area (Å²) < 4.78 is 0. The third kappa shape index (κ3) is 3.76. The number of benzene rings is 1. The van der Waals surface area contributed by atoms with Crippen LogP contribution in [0, 0.1) is 13.8 Å². The second kappa shape index (κ2) is 6.62. The molecule has 0 bridgehead atoms. The molecule has 0 saturated heterocycles. The Morgan fingerprint density at radius 2 is 2.00 bits per heavy atom. The molecule has 2 aromatic heterocycles. The van der Waals surface area contributed by atoms with E-state index in [-0.39, 0.29) is 5.91 Å². The van der Waals surface area contributed by atoms with Crippen LogP contribution in [0.5, 0.6) is 0 Å². The number of aromatic nitrogens is 1. The van der Waals surface area contributed by atoms with E-state index in [1.807, 2.05) is 23.6 Å². The van der Waals surface area contributed by atoms with E-state index < -0.39 is 0 Å². The number of nitrogens with one attached hydrogen (secondary N) is 2. The molecule has 0 atom stereocenters. The van der Waals surface area contributed by atoms with Gasteiger partial charge in [-0.3, -0.25) is 4.79 Å². The Hall–Kier alpha value is -2.66. The second-order valence-corrected chi connectivity index (χ2v) is 6.25. The standard InChI is InChI=1S/C18H17N3OS/c1-12-5-6-13(2)15(10-12)21-17-8-7-14(11-19-17)20-18(22)16-4-3-9-23-16/h3-11H,1-2H3,(H,19,21)(H,20,22). The monoisotopic (exact) mass is 323 g/mol. The molecular weight excluding hydrogens is 306 g/mol. The highest BCUT2D eigenvalue weighted by Crippen LogP contribution is 2.21. The van der Waals surface area contributed by atoms with Gasteiger partial charge in [-0.25, -0.2) is 4.98 Å². The van der Waals surface area contributed by atoms with E-state index in [9.17, 15) is 4.79 Å². The van der Waals surface area contributed by atoms with Crippen molar-refractivity contribution in [3.63, 3.8) is 0 Å². The van der Waals surface area contributed by atoms with Crippen molar-refractivity contribution in [3.8, 4) is 0 Å². The van der Waals surface area contributed by atoms with Crippen LogP contribution in [-0.2, 0) is 0 Å². The maximum atomic E-state index is 12.0. The van der Waals surface area contributed by atoms with Crippen molar-refractivity contribution in [2.24, 2.45) is 0 Å². The van der Waals surface area contributed by atoms with Crippen molar-refractivity contribution in [2.75, 3.05) is 10.6 Å². The normalized spacial score (nSPS) is 10.3. The van der Waals surface area contributed by atoms with Gasteiger partial charge < -0.3 is 10.6 Å². The van der Waals surface area contributed by atoms with E-state index in [0.29, 0.717) is 10.6 Å². The zero-order valence-corrected chi connectivity index (χ0v) is 13.8. The Morgan fingerprint density at radius 1 is 1.13 bits per heavy atom. The van der Waals surface area contributed by atoms with Gasteiger partial charge in [0, 0.05) is 5.69 Å². The number of pyridine rings is 1. The number of thiophene rings is 1. The minimum atomic E-state index is -0.114. The highest BCUT2D eigenvalue weighted by Gasteiger charge is 2.07. The van der Waals surface area contributed by atoms with Crippen LogP contribution in [0.25, 0.3) is 0 Å². The number of carbonyl (C=O) groups excluding carboxylic acids is 1. The lowest BCUT2D eigenvalue weighted by molar-refractivity contribution is 0.103. The molecular formula is C18H17N3OS. The van der Waals surface area contributed by atoms with Gasteiger partial charge in [0.2, 0.25) is 0 Å². The van der Waals surface area contributed by atoms with Crippen LogP contribution in [0.1, 0.15) is 20.8 Å². The summed E-state index contributed by atoms with van der Waals surface area (Å²) in [4.78, 5) is 17.0. The van der Waals surface area contributed by atoms with Gasteiger partial charge in [-0.05, 0) is 54.6 Å². The van der Waals surface area contributed by atoms with E-state index in [0.717, 1.165) is 17.1 Å². The molecule has 116 valence electrons. The summed E-state index contributed by atoms with van der Waals surface area (Å²) in [5.41, 5.74) is 4.06. The lowest BCUT2D eigenvalue weighted by atomic mass is 10.1. The van der Waals surface area contributed by atoms with Crippen molar-refractivity contribution in [3.05, 3.63) is 70.0 Å². The maximum Gasteiger partial charge on any atom is 0.265 e. The van der Waals surface area contributed by atoms with Crippen LogP contribution in [-0.4, -0.2) is 10.9 Å². The number of carbonyl (C=O) groups is 1. The first-order valence-electron chi connectivity index (χ1n) is 7.27. The van der Waals surface area contributed by atoms with Crippen LogP contribution in [0.3, 0.4) is 0 Å². The molecule has 5 heteroatoms. The summed E-state index contributed by atoms with van der Waals surface area (Å²) >= 11 is 1.41. The molecule has 0 aliphatic heterocycles. The van der Waals surface area contributed by atoms with Gasteiger partial charge in [-0.2, -0.15) is 0 Å². The lowest BCUT2D eigenvalue weighted by Crippen LogP contribution is -2.10. The lowest BCUT2D eigenvalue weighted by Gasteiger charge is -2.10. The quantitative estimate of drug-likeness (QED) is 0.728. The fourth-order valence-corrected chi connectivity index (χ4v) is 2.77. The molecule has 2 N–H and O–H groups in total. The van der Waals surface area contributed by atoms with Crippen LogP contribution >= 0.6 is 11.3 Å². The minimum Gasteiger partial charge on any atom is -0.340 e. The third-order valence-electron chi connectivity index (χ3n) is 3.42. The highest BCUT2D eigenvalue weighted by atomic mass is 32.1. The topological polar surface area (TPSA) is 54.0 Å². The molecule has 1 aromatic carbocycles. The molecule has 3 aromatic rings. The second-order valence-electron chi connectivity index (χ2n) is 5.31. The van der Waals surface area contributed by atoms with Crippen molar-refractivity contribution >= 4 is 34.4 Å². The molecule has 23 heavy (non-hydrogen) atoms. The number of nitrogens with zero attached hydrogens (tertiary/aromatic N) is 1. The van der Waals surface area contributed by atoms with Crippen molar-refractivity contribution in [2.45, 2.75) is 13.8 Å². The Morgan fingerprint density at radius 3 is 2.70 bits per heavy atom. The molecule has 2 heterocycles. The van der Waals surface area contributed by atoms with Gasteiger partial charge >= 0.3 is 0 Å². The smallest absolute Gasteiger partial charge is 0.265 e. The number of amides is 1. The molecule has 0 aliphatic carbocycles. The van der Waals surface area contributed by atoms with Gasteiger partial charge in [-0.1, -0.05) is 18.2 Å². The zero-order chi connectivity index (χ0) is 16.2. The number of aryl methyl sites for hydroxylation is 2. The van der Waals surface area contributed by atoms with Crippen LogP contribution in [0.15, 0.2) is 54.0 Å². The largest absolute Gasteiger partial charge is 0.340 e. The average Bonchev–Trinajstić information content (AvgIpc) is 3.07. The summed E-state index contributed by atoms with van der Waals surface area (Å²) in [6.45, 7) is 4.11. The van der Waals surface area contributed by atoms with E-state index in [1.165, 1.54) is 16.9 Å². The molecule has 3 rings (SSSR count). The van der Waals surface area contributed by atoms with Crippen molar-refractivity contribution in [1.29, 1.82) is 0 Å². The zero-order valence-electron chi connectivity index (χ0n) is 13.0. The van der Waals surface area contributed by atoms with Crippen LogP contribution in [0.4, 0.5) is 17.2 Å². The first-order valence-corrected chi connectivity index (χ1v) is 8.15. The van der Waals surface area contributed by atoms with E-state index in [4.69, 9.17) is 0 Å². The SMILES string of the molecule is Cc1ccc(C)c(Nc2ccc(NC(=O)c3cccs3)cn2)c1. The van der Waals surface area contributed by atoms with Crippen molar-refractivity contribution in [1.82, 2.24) is 4.98 Å². The first kappa shape index (κ1) is 15.2. The van der Waals surface area contributed by atoms with Gasteiger partial charge in [0.25, 0.3) is 5.91 Å². The maximum absolute atomic E-state index is 12.0. The number of rotatable bonds is 4. The first-order chi connectivity index (χ1) is 11.1. The fraction of sp³-hybridized carbons (Fsp3) is 0.111. The average molecular weight is 323 g/mol. The summed E-state index contributed by atoms with van der Waals surface area (Å²) in [5, 5.41) is 8.02. The predicted octanol–water partition coefficient (Wildman–Crippen LogP) is 4.76. The number of hydrogen-bond acceptors (Lipinski definition) is 4. The van der Waals surface area contributed by atoms with Crippen molar-refractivity contribution < 1.29 is 4.79 Å². The van der Waals surface area contributed by atoms with Gasteiger partial charge in [0.05, 0.1) is 16.8 Å². The molecule has 0 saturated carbocycles. The Balaban J connectivity index is 1.70. The van der Waals surface area contributed by atoms with Gasteiger partial charge in [0.15, 0.2) is 0 Å². The minimum absolute atomic E-state index is 0.114. The number of anilines is 3. The molecule has 4 nitrogen and oxygen atoms in total. The van der Waals surface area contributed by atoms with E-state index >= 15 is 0 Å². The Bertz CT molecular complexity index is 811. The summed E-state index contributed by atoms with van der Waals surface area (Å²) in [5.74, 6) is 0.630. The van der Waals surface area contributed by atoms with Gasteiger partial charge in [-0.15, -0.1) is 11.3 Å². The fourth-order valence-electron chi connectivity index (χ4n) is 2.15. The van der Waals surface area contributed by atoms with Crippen LogP contribution in [0.2, 0.25) is 0 Å². The highest BCUT2D eigenvalue weighted by molar-refractivity contribution is 7.12. The predicted molar refractivity (Wildman–Crippen MR) is 95.7 cm³/mol. The molecule has 1 amide bonds. The molecule has 0 unspecified atom stereocenters. The van der Waals surface area contributed by atoms with Gasteiger partial charge in [0.1, 0.15) is 5.82 Å². The Labute approximate surface area is 139 Å².